The van der Waals surface area contributed by atoms with Gasteiger partial charge in [0.2, 0.25) is 5.95 Å². The highest BCUT2D eigenvalue weighted by molar-refractivity contribution is 5.85. The number of nitrogen functional groups attached to an aromatic ring is 1. The van der Waals surface area contributed by atoms with Gasteiger partial charge in [-0.1, -0.05) is 12.1 Å². The lowest BCUT2D eigenvalue weighted by Gasteiger charge is -2.07. The van der Waals surface area contributed by atoms with Gasteiger partial charge >= 0.3 is 0 Å². The van der Waals surface area contributed by atoms with Crippen LogP contribution in [0, 0.1) is 12.7 Å². The molecule has 0 bridgehead atoms. The number of nitrogens with zero attached hydrogens (tertiary/aromatic N) is 3. The SMILES string of the molecule is Cc1cccc(Nc2ncc3c(N)[nH]nc3n2)c1F. The number of benzene rings is 1. The Morgan fingerprint density at radius 3 is 3.05 bits per heavy atom. The standard InChI is InChI=1S/C12H11FN6/c1-6-3-2-4-8(9(6)13)16-12-15-5-7-10(14)18-19-11(7)17-12/h2-5H,1H3,(H4,14,15,16,17,18,19). The van der Waals surface area contributed by atoms with Crippen LogP contribution in [0.25, 0.3) is 11.0 Å². The number of H-pyrrole nitrogens is 1. The summed E-state index contributed by atoms with van der Waals surface area (Å²) in [5.41, 5.74) is 6.95. The van der Waals surface area contributed by atoms with Gasteiger partial charge < -0.3 is 11.1 Å². The first-order valence-electron chi connectivity index (χ1n) is 5.64. The Bertz CT molecular complexity index is 751. The van der Waals surface area contributed by atoms with Crippen molar-refractivity contribution in [1.82, 2.24) is 20.2 Å². The topological polar surface area (TPSA) is 92.5 Å². The van der Waals surface area contributed by atoms with Crippen LogP contribution < -0.4 is 11.1 Å². The Balaban J connectivity index is 1.99. The normalized spacial score (nSPS) is 10.8. The largest absolute Gasteiger partial charge is 0.383 e. The van der Waals surface area contributed by atoms with Gasteiger partial charge in [0.15, 0.2) is 5.65 Å². The summed E-state index contributed by atoms with van der Waals surface area (Å²) in [6.07, 6.45) is 1.54. The summed E-state index contributed by atoms with van der Waals surface area (Å²) in [6, 6.07) is 5.07. The quantitative estimate of drug-likeness (QED) is 0.654. The highest BCUT2D eigenvalue weighted by Gasteiger charge is 2.09. The third-order valence-corrected chi connectivity index (χ3v) is 2.78. The summed E-state index contributed by atoms with van der Waals surface area (Å²) in [5.74, 6) is 0.347. The van der Waals surface area contributed by atoms with Crippen molar-refractivity contribution in [2.24, 2.45) is 0 Å². The van der Waals surface area contributed by atoms with E-state index in [0.717, 1.165) is 0 Å². The van der Waals surface area contributed by atoms with E-state index in [9.17, 15) is 4.39 Å². The van der Waals surface area contributed by atoms with Crippen molar-refractivity contribution in [3.05, 3.63) is 35.8 Å². The van der Waals surface area contributed by atoms with E-state index in [0.29, 0.717) is 28.1 Å². The van der Waals surface area contributed by atoms with Gasteiger partial charge in [0.25, 0.3) is 0 Å². The molecule has 19 heavy (non-hydrogen) atoms. The van der Waals surface area contributed by atoms with Crippen molar-refractivity contribution in [2.75, 3.05) is 11.1 Å². The number of nitrogens with one attached hydrogen (secondary N) is 2. The fourth-order valence-electron chi connectivity index (χ4n) is 1.75. The molecule has 96 valence electrons. The molecule has 2 heterocycles. The molecule has 0 unspecified atom stereocenters. The van der Waals surface area contributed by atoms with Gasteiger partial charge in [-0.2, -0.15) is 10.1 Å². The number of halogens is 1. The maximum Gasteiger partial charge on any atom is 0.229 e. The number of rotatable bonds is 2. The molecule has 0 aliphatic carbocycles. The molecule has 4 N–H and O–H groups in total. The zero-order valence-electron chi connectivity index (χ0n) is 10.1. The predicted octanol–water partition coefficient (Wildman–Crippen LogP) is 2.13. The first kappa shape index (κ1) is 11.4. The Morgan fingerprint density at radius 2 is 2.21 bits per heavy atom. The van der Waals surface area contributed by atoms with Crippen molar-refractivity contribution in [2.45, 2.75) is 6.92 Å². The lowest BCUT2D eigenvalue weighted by Crippen LogP contribution is -2.00. The van der Waals surface area contributed by atoms with E-state index < -0.39 is 0 Å². The highest BCUT2D eigenvalue weighted by Crippen LogP contribution is 2.21. The molecule has 2 aromatic heterocycles. The van der Waals surface area contributed by atoms with Crippen LogP contribution in [-0.4, -0.2) is 20.2 Å². The molecule has 3 rings (SSSR count). The maximum absolute atomic E-state index is 13.8. The predicted molar refractivity (Wildman–Crippen MR) is 70.5 cm³/mol. The number of aromatic nitrogens is 4. The molecule has 0 radical (unpaired) electrons. The lowest BCUT2D eigenvalue weighted by molar-refractivity contribution is 0.622. The van der Waals surface area contributed by atoms with Crippen LogP contribution in [0.1, 0.15) is 5.56 Å². The minimum Gasteiger partial charge on any atom is -0.383 e. The van der Waals surface area contributed by atoms with Crippen LogP contribution in [-0.2, 0) is 0 Å². The van der Waals surface area contributed by atoms with Gasteiger partial charge in [-0.3, -0.25) is 5.10 Å². The zero-order chi connectivity index (χ0) is 13.4. The first-order valence-corrected chi connectivity index (χ1v) is 5.64. The molecule has 3 aromatic rings. The molecule has 0 aliphatic heterocycles. The van der Waals surface area contributed by atoms with Crippen LogP contribution >= 0.6 is 0 Å². The van der Waals surface area contributed by atoms with Crippen molar-refractivity contribution in [3.8, 4) is 0 Å². The summed E-state index contributed by atoms with van der Waals surface area (Å²) in [7, 11) is 0. The maximum atomic E-state index is 13.8. The third kappa shape index (κ3) is 1.95. The van der Waals surface area contributed by atoms with Gasteiger partial charge in [-0.05, 0) is 18.6 Å². The molecular formula is C12H11FN6. The molecule has 0 saturated heterocycles. The minimum absolute atomic E-state index is 0.267. The fourth-order valence-corrected chi connectivity index (χ4v) is 1.75. The molecule has 0 aliphatic rings. The number of hydrogen-bond acceptors (Lipinski definition) is 5. The van der Waals surface area contributed by atoms with Crippen LogP contribution in [0.15, 0.2) is 24.4 Å². The molecule has 0 atom stereocenters. The van der Waals surface area contributed by atoms with E-state index >= 15 is 0 Å². The molecule has 6 nitrogen and oxygen atoms in total. The van der Waals surface area contributed by atoms with Gasteiger partial charge in [0.05, 0.1) is 11.1 Å². The molecule has 0 saturated carbocycles. The molecule has 0 spiro atoms. The van der Waals surface area contributed by atoms with E-state index in [4.69, 9.17) is 5.73 Å². The van der Waals surface area contributed by atoms with Gasteiger partial charge in [-0.15, -0.1) is 0 Å². The van der Waals surface area contributed by atoms with E-state index in [1.54, 1.807) is 25.1 Å². The molecule has 7 heteroatoms. The second kappa shape index (κ2) is 4.20. The number of nitrogens with two attached hydrogens (primary N) is 1. The summed E-state index contributed by atoms with van der Waals surface area (Å²) >= 11 is 0. The minimum atomic E-state index is -0.326. The second-order valence-corrected chi connectivity index (χ2v) is 4.13. The van der Waals surface area contributed by atoms with Crippen molar-refractivity contribution in [1.29, 1.82) is 0 Å². The Labute approximate surface area is 107 Å². The summed E-state index contributed by atoms with van der Waals surface area (Å²) in [6.45, 7) is 1.69. The van der Waals surface area contributed by atoms with Gasteiger partial charge in [-0.25, -0.2) is 9.37 Å². The van der Waals surface area contributed by atoms with Crippen molar-refractivity contribution in [3.63, 3.8) is 0 Å². The third-order valence-electron chi connectivity index (χ3n) is 2.78. The number of hydrogen-bond donors (Lipinski definition) is 3. The van der Waals surface area contributed by atoms with Gasteiger partial charge in [0, 0.05) is 6.20 Å². The molecule has 0 amide bonds. The highest BCUT2D eigenvalue weighted by atomic mass is 19.1. The molecule has 0 fully saturated rings. The van der Waals surface area contributed by atoms with Gasteiger partial charge in [0.1, 0.15) is 11.6 Å². The van der Waals surface area contributed by atoms with Crippen molar-refractivity contribution < 1.29 is 4.39 Å². The Hall–Kier alpha value is -2.70. The van der Waals surface area contributed by atoms with E-state index in [1.807, 2.05) is 0 Å². The molecular weight excluding hydrogens is 247 g/mol. The smallest absolute Gasteiger partial charge is 0.229 e. The van der Waals surface area contributed by atoms with E-state index in [1.165, 1.54) is 6.20 Å². The number of anilines is 3. The van der Waals surface area contributed by atoms with Crippen LogP contribution in [0.5, 0.6) is 0 Å². The molecule has 1 aromatic carbocycles. The monoisotopic (exact) mass is 258 g/mol. The summed E-state index contributed by atoms with van der Waals surface area (Å²) in [5, 5.41) is 9.99. The number of fused-ring (bicyclic) bond motifs is 1. The number of aromatic amines is 1. The summed E-state index contributed by atoms with van der Waals surface area (Å²) < 4.78 is 13.8. The van der Waals surface area contributed by atoms with E-state index in [-0.39, 0.29) is 11.8 Å². The van der Waals surface area contributed by atoms with Crippen LogP contribution in [0.4, 0.5) is 21.8 Å². The summed E-state index contributed by atoms with van der Waals surface area (Å²) in [4.78, 5) is 8.23. The second-order valence-electron chi connectivity index (χ2n) is 4.13. The van der Waals surface area contributed by atoms with E-state index in [2.05, 4.69) is 25.5 Å². The Kier molecular flexibility index (Phi) is 2.52. The number of aryl methyl sites for hydroxylation is 1. The van der Waals surface area contributed by atoms with Crippen molar-refractivity contribution >= 4 is 28.5 Å². The fraction of sp³-hybridized carbons (Fsp3) is 0.0833. The van der Waals surface area contributed by atoms with Crippen LogP contribution in [0.3, 0.4) is 0 Å². The van der Waals surface area contributed by atoms with Crippen LogP contribution in [0.2, 0.25) is 0 Å². The lowest BCUT2D eigenvalue weighted by atomic mass is 10.2. The zero-order valence-corrected chi connectivity index (χ0v) is 10.1. The first-order chi connectivity index (χ1) is 9.15. The average Bonchev–Trinajstić information content (AvgIpc) is 2.76. The Morgan fingerprint density at radius 1 is 1.37 bits per heavy atom. The average molecular weight is 258 g/mol.